The minimum absolute atomic E-state index is 0.611. The lowest BCUT2D eigenvalue weighted by Gasteiger charge is -2.05. The van der Waals surface area contributed by atoms with Crippen molar-refractivity contribution < 1.29 is 9.15 Å². The third-order valence-electron chi connectivity index (χ3n) is 2.48. The molecule has 0 radical (unpaired) electrons. The number of hydrogen-bond donors (Lipinski definition) is 1. The Morgan fingerprint density at radius 2 is 2.00 bits per heavy atom. The molecule has 1 aromatic heterocycles. The molecule has 0 fully saturated rings. The van der Waals surface area contributed by atoms with Gasteiger partial charge in [0.05, 0.1) is 26.0 Å². The van der Waals surface area contributed by atoms with Crippen molar-refractivity contribution in [1.82, 2.24) is 5.32 Å². The van der Waals surface area contributed by atoms with Gasteiger partial charge in [0.2, 0.25) is 0 Å². The Morgan fingerprint density at radius 3 is 2.72 bits per heavy atom. The van der Waals surface area contributed by atoms with Gasteiger partial charge in [0.25, 0.3) is 0 Å². The third-order valence-corrected chi connectivity index (χ3v) is 2.74. The minimum Gasteiger partial charge on any atom is -0.468 e. The number of halogens is 1. The van der Waals surface area contributed by atoms with E-state index in [1.54, 1.807) is 6.26 Å². The van der Waals surface area contributed by atoms with Gasteiger partial charge in [0.15, 0.2) is 0 Å². The van der Waals surface area contributed by atoms with Crippen LogP contribution >= 0.6 is 11.6 Å². The molecule has 0 spiro atoms. The normalized spacial score (nSPS) is 10.7. The molecule has 3 nitrogen and oxygen atoms in total. The molecular weight excluding hydrogens is 250 g/mol. The Hall–Kier alpha value is -1.29. The molecule has 96 valence electrons. The second-order valence-corrected chi connectivity index (χ2v) is 4.37. The fourth-order valence-electron chi connectivity index (χ4n) is 1.54. The van der Waals surface area contributed by atoms with Gasteiger partial charge in [-0.25, -0.2) is 0 Å². The molecular formula is C14H16ClNO2. The van der Waals surface area contributed by atoms with E-state index in [1.807, 2.05) is 36.4 Å². The van der Waals surface area contributed by atoms with Crippen molar-refractivity contribution in [3.63, 3.8) is 0 Å². The van der Waals surface area contributed by atoms with Gasteiger partial charge in [0.1, 0.15) is 5.76 Å². The number of nitrogens with one attached hydrogen (secondary N) is 1. The summed E-state index contributed by atoms with van der Waals surface area (Å²) in [6.07, 6.45) is 1.67. The van der Waals surface area contributed by atoms with E-state index in [4.69, 9.17) is 20.8 Å². The third kappa shape index (κ3) is 4.53. The lowest BCUT2D eigenvalue weighted by molar-refractivity contribution is 0.122. The predicted molar refractivity (Wildman–Crippen MR) is 71.5 cm³/mol. The molecule has 2 aromatic rings. The SMILES string of the molecule is Clc1ccc(COCCNCc2ccco2)cc1. The highest BCUT2D eigenvalue weighted by molar-refractivity contribution is 6.30. The highest BCUT2D eigenvalue weighted by Gasteiger charge is 1.95. The van der Waals surface area contributed by atoms with E-state index in [2.05, 4.69) is 5.32 Å². The Morgan fingerprint density at radius 1 is 1.17 bits per heavy atom. The second kappa shape index (κ2) is 7.21. The molecule has 0 atom stereocenters. The van der Waals surface area contributed by atoms with E-state index in [0.29, 0.717) is 13.2 Å². The number of benzene rings is 1. The van der Waals surface area contributed by atoms with Gasteiger partial charge in [0, 0.05) is 11.6 Å². The average molecular weight is 266 g/mol. The monoisotopic (exact) mass is 265 g/mol. The van der Waals surface area contributed by atoms with Gasteiger partial charge >= 0.3 is 0 Å². The van der Waals surface area contributed by atoms with Crippen molar-refractivity contribution in [2.45, 2.75) is 13.2 Å². The van der Waals surface area contributed by atoms with Crippen LogP contribution in [0.2, 0.25) is 5.02 Å². The maximum absolute atomic E-state index is 5.80. The van der Waals surface area contributed by atoms with Crippen LogP contribution < -0.4 is 5.32 Å². The van der Waals surface area contributed by atoms with Crippen LogP contribution in [0.15, 0.2) is 47.1 Å². The fraction of sp³-hybridized carbons (Fsp3) is 0.286. The maximum atomic E-state index is 5.80. The van der Waals surface area contributed by atoms with E-state index < -0.39 is 0 Å². The van der Waals surface area contributed by atoms with Crippen LogP contribution in [0.3, 0.4) is 0 Å². The molecule has 0 unspecified atom stereocenters. The van der Waals surface area contributed by atoms with Crippen molar-refractivity contribution in [3.8, 4) is 0 Å². The van der Waals surface area contributed by atoms with E-state index in [9.17, 15) is 0 Å². The van der Waals surface area contributed by atoms with Gasteiger partial charge < -0.3 is 14.5 Å². The van der Waals surface area contributed by atoms with Gasteiger partial charge in [-0.2, -0.15) is 0 Å². The molecule has 0 bridgehead atoms. The zero-order chi connectivity index (χ0) is 12.6. The first kappa shape index (κ1) is 13.1. The van der Waals surface area contributed by atoms with Crippen LogP contribution in [0.4, 0.5) is 0 Å². The van der Waals surface area contributed by atoms with Crippen molar-refractivity contribution in [3.05, 3.63) is 59.0 Å². The number of furan rings is 1. The highest BCUT2D eigenvalue weighted by atomic mass is 35.5. The second-order valence-electron chi connectivity index (χ2n) is 3.94. The van der Waals surface area contributed by atoms with Crippen molar-refractivity contribution >= 4 is 11.6 Å². The zero-order valence-electron chi connectivity index (χ0n) is 10.1. The average Bonchev–Trinajstić information content (AvgIpc) is 2.89. The Kier molecular flexibility index (Phi) is 5.27. The standard InChI is InChI=1S/C14H16ClNO2/c15-13-5-3-12(4-6-13)11-17-9-7-16-10-14-2-1-8-18-14/h1-6,8,16H,7,9-11H2. The molecule has 0 aliphatic carbocycles. The molecule has 4 heteroatoms. The molecule has 1 aromatic carbocycles. The topological polar surface area (TPSA) is 34.4 Å². The summed E-state index contributed by atoms with van der Waals surface area (Å²) in [6.45, 7) is 2.81. The molecule has 0 amide bonds. The molecule has 18 heavy (non-hydrogen) atoms. The Balaban J connectivity index is 1.55. The molecule has 0 aliphatic heterocycles. The van der Waals surface area contributed by atoms with Gasteiger partial charge in [-0.15, -0.1) is 0 Å². The summed E-state index contributed by atoms with van der Waals surface area (Å²) in [5.74, 6) is 0.938. The zero-order valence-corrected chi connectivity index (χ0v) is 10.8. The molecule has 0 aliphatic rings. The Bertz CT molecular complexity index is 439. The highest BCUT2D eigenvalue weighted by Crippen LogP contribution is 2.09. The summed E-state index contributed by atoms with van der Waals surface area (Å²) in [6, 6.07) is 11.5. The van der Waals surface area contributed by atoms with Gasteiger partial charge in [-0.3, -0.25) is 0 Å². The van der Waals surface area contributed by atoms with E-state index >= 15 is 0 Å². The summed E-state index contributed by atoms with van der Waals surface area (Å²) < 4.78 is 10.7. The predicted octanol–water partition coefficient (Wildman–Crippen LogP) is 3.24. The Labute approximate surface area is 112 Å². The number of rotatable bonds is 7. The van der Waals surface area contributed by atoms with Crippen LogP contribution in [0, 0.1) is 0 Å². The van der Waals surface area contributed by atoms with E-state index in [-0.39, 0.29) is 0 Å². The first-order valence-electron chi connectivity index (χ1n) is 5.90. The van der Waals surface area contributed by atoms with Gasteiger partial charge in [-0.05, 0) is 29.8 Å². The molecule has 0 saturated heterocycles. The van der Waals surface area contributed by atoms with E-state index in [0.717, 1.165) is 29.4 Å². The number of hydrogen-bond acceptors (Lipinski definition) is 3. The lowest BCUT2D eigenvalue weighted by Crippen LogP contribution is -2.18. The van der Waals surface area contributed by atoms with Crippen LogP contribution in [0.5, 0.6) is 0 Å². The largest absolute Gasteiger partial charge is 0.468 e. The van der Waals surface area contributed by atoms with Crippen molar-refractivity contribution in [1.29, 1.82) is 0 Å². The van der Waals surface area contributed by atoms with Crippen LogP contribution in [-0.2, 0) is 17.9 Å². The lowest BCUT2D eigenvalue weighted by atomic mass is 10.2. The number of ether oxygens (including phenoxy) is 1. The summed E-state index contributed by atoms with van der Waals surface area (Å²) >= 11 is 5.80. The van der Waals surface area contributed by atoms with Crippen molar-refractivity contribution in [2.75, 3.05) is 13.2 Å². The van der Waals surface area contributed by atoms with Gasteiger partial charge in [-0.1, -0.05) is 23.7 Å². The smallest absolute Gasteiger partial charge is 0.117 e. The van der Waals surface area contributed by atoms with Crippen molar-refractivity contribution in [2.24, 2.45) is 0 Å². The minimum atomic E-state index is 0.611. The fourth-order valence-corrected chi connectivity index (χ4v) is 1.67. The van der Waals surface area contributed by atoms with Crippen LogP contribution in [0.25, 0.3) is 0 Å². The van der Waals surface area contributed by atoms with E-state index in [1.165, 1.54) is 0 Å². The molecule has 1 heterocycles. The van der Waals surface area contributed by atoms with Crippen LogP contribution in [-0.4, -0.2) is 13.2 Å². The quantitative estimate of drug-likeness (QED) is 0.781. The van der Waals surface area contributed by atoms with Crippen LogP contribution in [0.1, 0.15) is 11.3 Å². The first-order chi connectivity index (χ1) is 8.84. The molecule has 2 rings (SSSR count). The summed E-state index contributed by atoms with van der Waals surface area (Å²) in [5, 5.41) is 3.99. The maximum Gasteiger partial charge on any atom is 0.117 e. The first-order valence-corrected chi connectivity index (χ1v) is 6.28. The summed E-state index contributed by atoms with van der Waals surface area (Å²) in [5.41, 5.74) is 1.13. The summed E-state index contributed by atoms with van der Waals surface area (Å²) in [7, 11) is 0. The summed E-state index contributed by atoms with van der Waals surface area (Å²) in [4.78, 5) is 0. The molecule has 1 N–H and O–H groups in total. The molecule has 0 saturated carbocycles.